The molecular formula is C11H12N4O. The van der Waals surface area contributed by atoms with E-state index < -0.39 is 0 Å². The van der Waals surface area contributed by atoms with Gasteiger partial charge in [-0.25, -0.2) is 0 Å². The molecule has 0 fully saturated rings. The predicted molar refractivity (Wildman–Crippen MR) is 59.9 cm³/mol. The van der Waals surface area contributed by atoms with Crippen molar-refractivity contribution >= 4 is 11.7 Å². The van der Waals surface area contributed by atoms with E-state index in [2.05, 4.69) is 15.4 Å². The molecule has 82 valence electrons. The van der Waals surface area contributed by atoms with Crippen molar-refractivity contribution < 1.29 is 4.79 Å². The van der Waals surface area contributed by atoms with Crippen molar-refractivity contribution in [2.45, 2.75) is 13.5 Å². The molecule has 0 spiro atoms. The standard InChI is InChI=1S/C11H12N4O/c1-9(16)13-11-4-6-15(14-11)8-10-3-2-5-12-7-10/h2-7H,8H2,1H3,(H,13,14,16). The van der Waals surface area contributed by atoms with Crippen LogP contribution in [0, 0.1) is 0 Å². The van der Waals surface area contributed by atoms with Crippen LogP contribution in [-0.4, -0.2) is 20.7 Å². The van der Waals surface area contributed by atoms with Crippen molar-refractivity contribution in [1.82, 2.24) is 14.8 Å². The molecular weight excluding hydrogens is 204 g/mol. The third kappa shape index (κ3) is 2.66. The number of pyridine rings is 1. The van der Waals surface area contributed by atoms with E-state index in [0.29, 0.717) is 12.4 Å². The van der Waals surface area contributed by atoms with Crippen LogP contribution >= 0.6 is 0 Å². The maximum absolute atomic E-state index is 10.8. The molecule has 0 unspecified atom stereocenters. The van der Waals surface area contributed by atoms with Crippen LogP contribution in [-0.2, 0) is 11.3 Å². The Morgan fingerprint density at radius 3 is 3.06 bits per heavy atom. The summed E-state index contributed by atoms with van der Waals surface area (Å²) in [4.78, 5) is 14.8. The highest BCUT2D eigenvalue weighted by atomic mass is 16.1. The number of amides is 1. The maximum atomic E-state index is 10.8. The number of hydrogen-bond donors (Lipinski definition) is 1. The highest BCUT2D eigenvalue weighted by Gasteiger charge is 2.00. The highest BCUT2D eigenvalue weighted by molar-refractivity contribution is 5.87. The summed E-state index contributed by atoms with van der Waals surface area (Å²) in [5.41, 5.74) is 1.07. The van der Waals surface area contributed by atoms with Gasteiger partial charge in [-0.2, -0.15) is 5.10 Å². The highest BCUT2D eigenvalue weighted by Crippen LogP contribution is 2.05. The van der Waals surface area contributed by atoms with E-state index >= 15 is 0 Å². The number of carbonyl (C=O) groups is 1. The number of nitrogens with one attached hydrogen (secondary N) is 1. The number of anilines is 1. The first-order valence-electron chi connectivity index (χ1n) is 4.94. The molecule has 0 aromatic carbocycles. The summed E-state index contributed by atoms with van der Waals surface area (Å²) in [6, 6.07) is 5.62. The SMILES string of the molecule is CC(=O)Nc1ccn(Cc2cccnc2)n1. The van der Waals surface area contributed by atoms with Crippen LogP contribution in [0.15, 0.2) is 36.8 Å². The van der Waals surface area contributed by atoms with Crippen LogP contribution in [0.3, 0.4) is 0 Å². The Balaban J connectivity index is 2.06. The largest absolute Gasteiger partial charge is 0.309 e. The lowest BCUT2D eigenvalue weighted by Crippen LogP contribution is -2.07. The monoisotopic (exact) mass is 216 g/mol. The predicted octanol–water partition coefficient (Wildman–Crippen LogP) is 1.28. The third-order valence-corrected chi connectivity index (χ3v) is 2.01. The zero-order chi connectivity index (χ0) is 11.4. The van der Waals surface area contributed by atoms with E-state index in [1.165, 1.54) is 6.92 Å². The zero-order valence-corrected chi connectivity index (χ0v) is 8.92. The van der Waals surface area contributed by atoms with Crippen LogP contribution < -0.4 is 5.32 Å². The molecule has 5 heteroatoms. The van der Waals surface area contributed by atoms with Crippen LogP contribution in [0.2, 0.25) is 0 Å². The fourth-order valence-electron chi connectivity index (χ4n) is 1.38. The van der Waals surface area contributed by atoms with E-state index in [0.717, 1.165) is 5.56 Å². The summed E-state index contributed by atoms with van der Waals surface area (Å²) < 4.78 is 1.75. The van der Waals surface area contributed by atoms with E-state index in [1.54, 1.807) is 23.1 Å². The summed E-state index contributed by atoms with van der Waals surface area (Å²) >= 11 is 0. The maximum Gasteiger partial charge on any atom is 0.222 e. The quantitative estimate of drug-likeness (QED) is 0.840. The third-order valence-electron chi connectivity index (χ3n) is 2.01. The van der Waals surface area contributed by atoms with Crippen molar-refractivity contribution in [2.75, 3.05) is 5.32 Å². The average Bonchev–Trinajstić information content (AvgIpc) is 2.66. The molecule has 0 aliphatic carbocycles. The van der Waals surface area contributed by atoms with Gasteiger partial charge in [0.05, 0.1) is 6.54 Å². The van der Waals surface area contributed by atoms with Gasteiger partial charge in [-0.05, 0) is 11.6 Å². The average molecular weight is 216 g/mol. The fourth-order valence-corrected chi connectivity index (χ4v) is 1.38. The minimum atomic E-state index is -0.119. The fraction of sp³-hybridized carbons (Fsp3) is 0.182. The number of rotatable bonds is 3. The second-order valence-electron chi connectivity index (χ2n) is 3.44. The van der Waals surface area contributed by atoms with E-state index in [-0.39, 0.29) is 5.91 Å². The molecule has 2 aromatic heterocycles. The van der Waals surface area contributed by atoms with Crippen molar-refractivity contribution in [3.8, 4) is 0 Å². The molecule has 0 saturated heterocycles. The van der Waals surface area contributed by atoms with Gasteiger partial charge in [-0.15, -0.1) is 0 Å². The molecule has 1 amide bonds. The van der Waals surface area contributed by atoms with Crippen LogP contribution in [0.4, 0.5) is 5.82 Å². The molecule has 2 heterocycles. The Labute approximate surface area is 93.1 Å². The Morgan fingerprint density at radius 2 is 2.38 bits per heavy atom. The summed E-state index contributed by atoms with van der Waals surface area (Å²) in [5, 5.41) is 6.83. The molecule has 5 nitrogen and oxygen atoms in total. The molecule has 0 aliphatic heterocycles. The molecule has 0 aliphatic rings. The lowest BCUT2D eigenvalue weighted by atomic mass is 10.3. The van der Waals surface area contributed by atoms with Gasteiger partial charge in [-0.3, -0.25) is 14.5 Å². The molecule has 0 saturated carbocycles. The molecule has 2 aromatic rings. The van der Waals surface area contributed by atoms with Crippen molar-refractivity contribution in [3.05, 3.63) is 42.4 Å². The Morgan fingerprint density at radius 1 is 1.50 bits per heavy atom. The van der Waals surface area contributed by atoms with Gasteiger partial charge in [0.2, 0.25) is 5.91 Å². The summed E-state index contributed by atoms with van der Waals surface area (Å²) in [6.07, 6.45) is 5.34. The summed E-state index contributed by atoms with van der Waals surface area (Å²) in [5.74, 6) is 0.447. The molecule has 2 rings (SSSR count). The normalized spacial score (nSPS) is 10.1. The first-order chi connectivity index (χ1) is 7.74. The summed E-state index contributed by atoms with van der Waals surface area (Å²) in [7, 11) is 0. The molecule has 16 heavy (non-hydrogen) atoms. The van der Waals surface area contributed by atoms with Gasteiger partial charge in [0, 0.05) is 31.6 Å². The second-order valence-corrected chi connectivity index (χ2v) is 3.44. The van der Waals surface area contributed by atoms with Crippen LogP contribution in [0.1, 0.15) is 12.5 Å². The van der Waals surface area contributed by atoms with Crippen LogP contribution in [0.5, 0.6) is 0 Å². The smallest absolute Gasteiger partial charge is 0.222 e. The molecule has 0 bridgehead atoms. The van der Waals surface area contributed by atoms with Gasteiger partial charge in [-0.1, -0.05) is 6.07 Å². The van der Waals surface area contributed by atoms with Crippen LogP contribution in [0.25, 0.3) is 0 Å². The first kappa shape index (κ1) is 10.4. The number of hydrogen-bond acceptors (Lipinski definition) is 3. The minimum Gasteiger partial charge on any atom is -0.309 e. The Kier molecular flexibility index (Phi) is 2.95. The van der Waals surface area contributed by atoms with Gasteiger partial charge < -0.3 is 5.32 Å². The topological polar surface area (TPSA) is 59.8 Å². The number of carbonyl (C=O) groups excluding carboxylic acids is 1. The summed E-state index contributed by atoms with van der Waals surface area (Å²) in [6.45, 7) is 2.10. The van der Waals surface area contributed by atoms with Gasteiger partial charge in [0.15, 0.2) is 5.82 Å². The van der Waals surface area contributed by atoms with Crippen molar-refractivity contribution in [2.24, 2.45) is 0 Å². The zero-order valence-electron chi connectivity index (χ0n) is 8.92. The Hall–Kier alpha value is -2.17. The van der Waals surface area contributed by atoms with Gasteiger partial charge >= 0.3 is 0 Å². The van der Waals surface area contributed by atoms with Crippen molar-refractivity contribution in [1.29, 1.82) is 0 Å². The second kappa shape index (κ2) is 4.57. The first-order valence-corrected chi connectivity index (χ1v) is 4.94. The van der Waals surface area contributed by atoms with E-state index in [1.807, 2.05) is 18.3 Å². The Bertz CT molecular complexity index is 478. The molecule has 0 atom stereocenters. The molecule has 0 radical (unpaired) electrons. The lowest BCUT2D eigenvalue weighted by molar-refractivity contribution is -0.114. The van der Waals surface area contributed by atoms with Crippen molar-refractivity contribution in [3.63, 3.8) is 0 Å². The lowest BCUT2D eigenvalue weighted by Gasteiger charge is -2.00. The molecule has 1 N–H and O–H groups in total. The van der Waals surface area contributed by atoms with Gasteiger partial charge in [0.1, 0.15) is 0 Å². The number of nitrogens with zero attached hydrogens (tertiary/aromatic N) is 3. The minimum absolute atomic E-state index is 0.119. The van der Waals surface area contributed by atoms with E-state index in [9.17, 15) is 4.79 Å². The van der Waals surface area contributed by atoms with E-state index in [4.69, 9.17) is 0 Å². The number of aromatic nitrogens is 3. The van der Waals surface area contributed by atoms with Gasteiger partial charge in [0.25, 0.3) is 0 Å².